The fraction of sp³-hybridized carbons (Fsp3) is 0.148. The third-order valence-electron chi connectivity index (χ3n) is 5.49. The van der Waals surface area contributed by atoms with E-state index in [1.165, 1.54) is 11.3 Å². The normalized spacial score (nSPS) is 12.1. The molecule has 0 saturated carbocycles. The van der Waals surface area contributed by atoms with Crippen LogP contribution in [0.15, 0.2) is 82.0 Å². The van der Waals surface area contributed by atoms with Crippen LogP contribution in [0.2, 0.25) is 0 Å². The average molecular weight is 471 g/mol. The van der Waals surface area contributed by atoms with Crippen LogP contribution < -0.4 is 15.5 Å². The maximum atomic E-state index is 13.4. The van der Waals surface area contributed by atoms with E-state index in [1.54, 1.807) is 18.2 Å². The molecule has 1 atom stereocenters. The highest BCUT2D eigenvalue weighted by atomic mass is 32.1. The monoisotopic (exact) mass is 470 g/mol. The second-order valence-corrected chi connectivity index (χ2v) is 8.98. The van der Waals surface area contributed by atoms with Gasteiger partial charge in [-0.1, -0.05) is 66.8 Å². The number of aromatic nitrogens is 1. The minimum Gasteiger partial charge on any atom is -0.473 e. The zero-order valence-electron chi connectivity index (χ0n) is 18.7. The molecule has 1 unspecified atom stereocenters. The summed E-state index contributed by atoms with van der Waals surface area (Å²) in [6.45, 7) is 3.84. The number of aryl methyl sites for hydroxylation is 1. The summed E-state index contributed by atoms with van der Waals surface area (Å²) in [4.78, 5) is 31.0. The average Bonchev–Trinajstić information content (AvgIpc) is 3.25. The topological polar surface area (TPSA) is 81.4 Å². The van der Waals surface area contributed by atoms with E-state index in [4.69, 9.17) is 9.15 Å². The molecule has 2 heterocycles. The van der Waals surface area contributed by atoms with E-state index in [2.05, 4.69) is 10.3 Å². The van der Waals surface area contributed by atoms with Gasteiger partial charge < -0.3 is 9.15 Å². The van der Waals surface area contributed by atoms with Crippen LogP contribution in [0.3, 0.4) is 0 Å². The molecule has 170 valence electrons. The van der Waals surface area contributed by atoms with Crippen LogP contribution in [0, 0.1) is 6.92 Å². The van der Waals surface area contributed by atoms with Gasteiger partial charge in [0.15, 0.2) is 17.0 Å². The lowest BCUT2D eigenvalue weighted by atomic mass is 10.1. The molecule has 6 nitrogen and oxygen atoms in total. The van der Waals surface area contributed by atoms with Crippen LogP contribution in [-0.2, 0) is 4.79 Å². The van der Waals surface area contributed by atoms with Crippen LogP contribution in [0.1, 0.15) is 18.9 Å². The summed E-state index contributed by atoms with van der Waals surface area (Å²) in [6, 6.07) is 22.2. The van der Waals surface area contributed by atoms with Gasteiger partial charge in [-0.2, -0.15) is 0 Å². The van der Waals surface area contributed by atoms with E-state index in [0.29, 0.717) is 33.8 Å². The molecule has 0 saturated heterocycles. The van der Waals surface area contributed by atoms with Gasteiger partial charge in [-0.15, -0.1) is 0 Å². The van der Waals surface area contributed by atoms with Gasteiger partial charge in [0.05, 0.1) is 15.6 Å². The molecule has 5 aromatic rings. The summed E-state index contributed by atoms with van der Waals surface area (Å²) in [5, 5.41) is 3.73. The van der Waals surface area contributed by atoms with Crippen LogP contribution in [0.4, 0.5) is 5.13 Å². The van der Waals surface area contributed by atoms with Gasteiger partial charge in [0, 0.05) is 5.56 Å². The lowest BCUT2D eigenvalue weighted by Crippen LogP contribution is -2.34. The van der Waals surface area contributed by atoms with Gasteiger partial charge in [-0.25, -0.2) is 4.98 Å². The van der Waals surface area contributed by atoms with E-state index in [9.17, 15) is 9.59 Å². The fourth-order valence-corrected chi connectivity index (χ4v) is 4.71. The molecular weight excluding hydrogens is 448 g/mol. The molecule has 0 fully saturated rings. The number of rotatable bonds is 6. The number of fused-ring (bicyclic) bond motifs is 2. The van der Waals surface area contributed by atoms with E-state index in [-0.39, 0.29) is 17.1 Å². The molecule has 2 aromatic heterocycles. The first-order valence-electron chi connectivity index (χ1n) is 11.0. The molecule has 34 heavy (non-hydrogen) atoms. The summed E-state index contributed by atoms with van der Waals surface area (Å²) >= 11 is 1.40. The number of para-hydroxylation sites is 1. The molecule has 1 N–H and O–H groups in total. The van der Waals surface area contributed by atoms with Crippen molar-refractivity contribution in [1.29, 1.82) is 0 Å². The van der Waals surface area contributed by atoms with Crippen molar-refractivity contribution in [2.75, 3.05) is 5.32 Å². The summed E-state index contributed by atoms with van der Waals surface area (Å²) in [7, 11) is 0. The molecule has 7 heteroatoms. The quantitative estimate of drug-likeness (QED) is 0.321. The molecular formula is C27H22N2O4S. The fourth-order valence-electron chi connectivity index (χ4n) is 3.75. The van der Waals surface area contributed by atoms with Gasteiger partial charge in [-0.3, -0.25) is 14.9 Å². The van der Waals surface area contributed by atoms with Crippen LogP contribution in [-0.4, -0.2) is 17.0 Å². The minimum atomic E-state index is -0.903. The van der Waals surface area contributed by atoms with Gasteiger partial charge in [0.2, 0.25) is 11.2 Å². The molecule has 0 bridgehead atoms. The highest BCUT2D eigenvalue weighted by Gasteiger charge is 2.25. The Balaban J connectivity index is 1.50. The van der Waals surface area contributed by atoms with Gasteiger partial charge >= 0.3 is 0 Å². The molecule has 0 aliphatic rings. The van der Waals surface area contributed by atoms with Crippen LogP contribution in [0.5, 0.6) is 5.75 Å². The van der Waals surface area contributed by atoms with Crippen molar-refractivity contribution in [3.8, 4) is 17.1 Å². The Morgan fingerprint density at radius 3 is 2.65 bits per heavy atom. The van der Waals surface area contributed by atoms with Crippen LogP contribution in [0.25, 0.3) is 32.5 Å². The molecule has 1 amide bonds. The Labute approximate surface area is 199 Å². The Hall–Kier alpha value is -3.97. The molecule has 0 aliphatic carbocycles. The molecule has 0 radical (unpaired) electrons. The first-order chi connectivity index (χ1) is 16.5. The summed E-state index contributed by atoms with van der Waals surface area (Å²) < 4.78 is 13.2. The number of anilines is 1. The Kier molecular flexibility index (Phi) is 5.86. The van der Waals surface area contributed by atoms with Gasteiger partial charge in [0.1, 0.15) is 5.58 Å². The number of amides is 1. The third-order valence-corrected chi connectivity index (χ3v) is 6.42. The van der Waals surface area contributed by atoms with Crippen molar-refractivity contribution in [1.82, 2.24) is 4.98 Å². The number of hydrogen-bond acceptors (Lipinski definition) is 6. The van der Waals surface area contributed by atoms with E-state index in [0.717, 1.165) is 15.8 Å². The Bertz CT molecular complexity index is 1560. The summed E-state index contributed by atoms with van der Waals surface area (Å²) in [6.07, 6.45) is -0.545. The van der Waals surface area contributed by atoms with Crippen molar-refractivity contribution in [3.05, 3.63) is 88.6 Å². The van der Waals surface area contributed by atoms with Gasteiger partial charge in [0.25, 0.3) is 5.91 Å². The number of hydrogen-bond donors (Lipinski definition) is 1. The highest BCUT2D eigenvalue weighted by Crippen LogP contribution is 2.32. The standard InChI is InChI=1S/C27H22N2O4S/c1-3-20(26(31)29-27-28-19-14-13-16(2)15-22(19)34-27)32-25-23(30)18-11-7-8-12-21(18)33-24(25)17-9-5-4-6-10-17/h4-15,20H,3H2,1-2H3,(H,28,29,31). The summed E-state index contributed by atoms with van der Waals surface area (Å²) in [5.74, 6) is -0.0531. The molecule has 0 spiro atoms. The first-order valence-corrected chi connectivity index (χ1v) is 11.8. The van der Waals surface area contributed by atoms with Crippen molar-refractivity contribution in [2.45, 2.75) is 26.4 Å². The van der Waals surface area contributed by atoms with Crippen molar-refractivity contribution >= 4 is 43.6 Å². The SMILES string of the molecule is CCC(Oc1c(-c2ccccc2)oc2ccccc2c1=O)C(=O)Nc1nc2ccc(C)cc2s1. The predicted molar refractivity (Wildman–Crippen MR) is 136 cm³/mol. The minimum absolute atomic E-state index is 0.0202. The third kappa shape index (κ3) is 4.18. The maximum Gasteiger partial charge on any atom is 0.267 e. The second-order valence-electron chi connectivity index (χ2n) is 7.95. The largest absolute Gasteiger partial charge is 0.473 e. The van der Waals surface area contributed by atoms with E-state index >= 15 is 0 Å². The number of carbonyl (C=O) groups is 1. The zero-order chi connectivity index (χ0) is 23.7. The molecule has 5 rings (SSSR count). The van der Waals surface area contributed by atoms with E-state index in [1.807, 2.05) is 68.4 Å². The summed E-state index contributed by atoms with van der Waals surface area (Å²) in [5.41, 5.74) is 2.78. The van der Waals surface area contributed by atoms with Crippen molar-refractivity contribution in [2.24, 2.45) is 0 Å². The molecule has 3 aromatic carbocycles. The number of benzene rings is 3. The van der Waals surface area contributed by atoms with Crippen molar-refractivity contribution < 1.29 is 13.9 Å². The predicted octanol–water partition coefficient (Wildman–Crippen LogP) is 6.17. The maximum absolute atomic E-state index is 13.4. The molecule has 0 aliphatic heterocycles. The van der Waals surface area contributed by atoms with E-state index < -0.39 is 6.10 Å². The second kappa shape index (κ2) is 9.11. The number of nitrogens with zero attached hydrogens (tertiary/aromatic N) is 1. The van der Waals surface area contributed by atoms with Gasteiger partial charge in [-0.05, 0) is 43.2 Å². The first kappa shape index (κ1) is 21.9. The lowest BCUT2D eigenvalue weighted by Gasteiger charge is -2.18. The number of thiazole rings is 1. The lowest BCUT2D eigenvalue weighted by molar-refractivity contribution is -0.122. The zero-order valence-corrected chi connectivity index (χ0v) is 19.5. The number of nitrogens with one attached hydrogen (secondary N) is 1. The highest BCUT2D eigenvalue weighted by molar-refractivity contribution is 7.22. The number of carbonyl (C=O) groups excluding carboxylic acids is 1. The van der Waals surface area contributed by atoms with Crippen LogP contribution >= 0.6 is 11.3 Å². The Morgan fingerprint density at radius 2 is 1.85 bits per heavy atom. The van der Waals surface area contributed by atoms with Crippen molar-refractivity contribution in [3.63, 3.8) is 0 Å². The number of ether oxygens (including phenoxy) is 1. The Morgan fingerprint density at radius 1 is 1.09 bits per heavy atom. The smallest absolute Gasteiger partial charge is 0.267 e.